The number of aromatic nitrogens is 2. The first kappa shape index (κ1) is 22.9. The van der Waals surface area contributed by atoms with Gasteiger partial charge in [-0.15, -0.1) is 0 Å². The molecular weight excluding hydrogens is 427 g/mol. The summed E-state index contributed by atoms with van der Waals surface area (Å²) in [7, 11) is 0. The Morgan fingerprint density at radius 1 is 1.30 bits per heavy atom. The number of pyridine rings is 2. The molecule has 3 heterocycles. The van der Waals surface area contributed by atoms with E-state index in [1.165, 1.54) is 16.7 Å². The first-order chi connectivity index (χ1) is 16.0. The summed E-state index contributed by atoms with van der Waals surface area (Å²) in [5, 5.41) is 9.81. The Morgan fingerprint density at radius 2 is 2.06 bits per heavy atom. The number of unbranched alkanes of at least 4 members (excludes halogenated alkanes) is 1. The van der Waals surface area contributed by atoms with Crippen LogP contribution in [-0.2, 0) is 13.0 Å². The van der Waals surface area contributed by atoms with E-state index in [0.29, 0.717) is 35.4 Å². The van der Waals surface area contributed by atoms with Gasteiger partial charge in [0.25, 0.3) is 5.56 Å². The molecule has 0 saturated heterocycles. The van der Waals surface area contributed by atoms with E-state index in [4.69, 9.17) is 9.47 Å². The molecule has 8 heteroatoms. The van der Waals surface area contributed by atoms with Crippen LogP contribution in [-0.4, -0.2) is 39.8 Å². The molecule has 0 aliphatic carbocycles. The van der Waals surface area contributed by atoms with Crippen LogP contribution < -0.4 is 15.0 Å². The molecule has 1 atom stereocenters. The van der Waals surface area contributed by atoms with Gasteiger partial charge >= 0.3 is 0 Å². The predicted octanol–water partition coefficient (Wildman–Crippen LogP) is 3.65. The minimum atomic E-state index is -0.649. The van der Waals surface area contributed by atoms with Crippen molar-refractivity contribution in [3.8, 4) is 11.5 Å². The van der Waals surface area contributed by atoms with Gasteiger partial charge in [0.05, 0.1) is 19.8 Å². The molecule has 1 aliphatic heterocycles. The average Bonchev–Trinajstić information content (AvgIpc) is 2.83. The van der Waals surface area contributed by atoms with Crippen LogP contribution in [0.4, 0.5) is 4.39 Å². The van der Waals surface area contributed by atoms with Crippen molar-refractivity contribution in [2.24, 2.45) is 0 Å². The first-order valence-corrected chi connectivity index (χ1v) is 11.2. The minimum Gasteiger partial charge on any atom is -0.490 e. The maximum Gasteiger partial charge on any atom is 0.266 e. The number of hydrogen-bond donors (Lipinski definition) is 1. The van der Waals surface area contributed by atoms with Gasteiger partial charge in [0.2, 0.25) is 0 Å². The summed E-state index contributed by atoms with van der Waals surface area (Å²) in [5.74, 6) is -0.0400. The zero-order valence-electron chi connectivity index (χ0n) is 18.8. The standard InChI is InChI=1S/C25H27FN2O5/c1-3-5-10-32-24-20(19(30)4-2)25(31)28-13-18(14-29)33-23-16(12-27-21(24)22(23)28)11-15-6-8-17(26)9-7-15/h6-9,12,18,29H,3-5,10-11,13-14H2,1-2H3/t18-/m0/s1. The van der Waals surface area contributed by atoms with Gasteiger partial charge in [0.1, 0.15) is 28.5 Å². The number of ketones is 1. The molecule has 33 heavy (non-hydrogen) atoms. The van der Waals surface area contributed by atoms with Crippen LogP contribution in [0.3, 0.4) is 0 Å². The third kappa shape index (κ3) is 4.35. The smallest absolute Gasteiger partial charge is 0.266 e. The fourth-order valence-electron chi connectivity index (χ4n) is 4.03. The molecule has 0 bridgehead atoms. The molecule has 0 fully saturated rings. The van der Waals surface area contributed by atoms with E-state index in [0.717, 1.165) is 18.4 Å². The number of ether oxygens (including phenoxy) is 2. The second-order valence-corrected chi connectivity index (χ2v) is 8.13. The largest absolute Gasteiger partial charge is 0.490 e. The van der Waals surface area contributed by atoms with Crippen molar-refractivity contribution < 1.29 is 23.8 Å². The predicted molar refractivity (Wildman–Crippen MR) is 122 cm³/mol. The molecule has 1 N–H and O–H groups in total. The molecule has 0 amide bonds. The van der Waals surface area contributed by atoms with Gasteiger partial charge in [-0.2, -0.15) is 0 Å². The summed E-state index contributed by atoms with van der Waals surface area (Å²) >= 11 is 0. The van der Waals surface area contributed by atoms with Crippen molar-refractivity contribution in [3.05, 3.63) is 63.3 Å². The number of aliphatic hydroxyl groups excluding tert-OH is 1. The Kier molecular flexibility index (Phi) is 6.74. The summed E-state index contributed by atoms with van der Waals surface area (Å²) in [4.78, 5) is 30.8. The lowest BCUT2D eigenvalue weighted by Crippen LogP contribution is -2.39. The Hall–Kier alpha value is -3.26. The summed E-state index contributed by atoms with van der Waals surface area (Å²) in [6.45, 7) is 3.88. The highest BCUT2D eigenvalue weighted by Crippen LogP contribution is 2.38. The molecule has 1 aromatic carbocycles. The monoisotopic (exact) mass is 454 g/mol. The molecular formula is C25H27FN2O5. The van der Waals surface area contributed by atoms with Gasteiger partial charge in [-0.3, -0.25) is 19.1 Å². The normalized spacial score (nSPS) is 14.8. The lowest BCUT2D eigenvalue weighted by atomic mass is 10.0. The molecule has 1 aliphatic rings. The van der Waals surface area contributed by atoms with Gasteiger partial charge in [0.15, 0.2) is 17.3 Å². The minimum absolute atomic E-state index is 0.00979. The van der Waals surface area contributed by atoms with E-state index in [9.17, 15) is 19.1 Å². The third-order valence-corrected chi connectivity index (χ3v) is 5.78. The van der Waals surface area contributed by atoms with Gasteiger partial charge < -0.3 is 14.6 Å². The van der Waals surface area contributed by atoms with Gasteiger partial charge in [0, 0.05) is 24.6 Å². The molecule has 174 valence electrons. The number of rotatable bonds is 9. The molecule has 7 nitrogen and oxygen atoms in total. The number of hydrogen-bond acceptors (Lipinski definition) is 6. The Morgan fingerprint density at radius 3 is 2.73 bits per heavy atom. The Labute approximate surface area is 190 Å². The Balaban J connectivity index is 1.95. The number of aliphatic hydroxyl groups is 1. The lowest BCUT2D eigenvalue weighted by Gasteiger charge is -2.29. The van der Waals surface area contributed by atoms with Crippen molar-refractivity contribution in [2.45, 2.75) is 52.2 Å². The molecule has 0 spiro atoms. The van der Waals surface area contributed by atoms with Gasteiger partial charge in [-0.25, -0.2) is 4.39 Å². The maximum atomic E-state index is 13.5. The quantitative estimate of drug-likeness (QED) is 0.392. The molecule has 2 aromatic heterocycles. The summed E-state index contributed by atoms with van der Waals surface area (Å²) in [6.07, 6.45) is 3.19. The van der Waals surface area contributed by atoms with Crippen molar-refractivity contribution >= 4 is 16.8 Å². The maximum absolute atomic E-state index is 13.5. The van der Waals surface area contributed by atoms with Crippen LogP contribution >= 0.6 is 0 Å². The van der Waals surface area contributed by atoms with Crippen molar-refractivity contribution in [1.29, 1.82) is 0 Å². The summed E-state index contributed by atoms with van der Waals surface area (Å²) in [6, 6.07) is 6.11. The number of carbonyl (C=O) groups excluding carboxylic acids is 1. The third-order valence-electron chi connectivity index (χ3n) is 5.78. The fraction of sp³-hybridized carbons (Fsp3) is 0.400. The van der Waals surface area contributed by atoms with Crippen molar-refractivity contribution in [1.82, 2.24) is 9.55 Å². The molecule has 4 rings (SSSR count). The molecule has 0 radical (unpaired) electrons. The van der Waals surface area contributed by atoms with Crippen LogP contribution in [0.25, 0.3) is 11.0 Å². The molecule has 0 saturated carbocycles. The fourth-order valence-corrected chi connectivity index (χ4v) is 4.03. The SMILES string of the molecule is CCCCOc1c(C(=O)CC)c(=O)n2c3c(c(Cc4ccc(F)cc4)cnc13)O[C@H](CO)C2. The van der Waals surface area contributed by atoms with Gasteiger partial charge in [-0.1, -0.05) is 32.4 Å². The highest BCUT2D eigenvalue weighted by atomic mass is 19.1. The zero-order chi connectivity index (χ0) is 23.5. The van der Waals surface area contributed by atoms with E-state index in [1.54, 1.807) is 25.3 Å². The number of halogens is 1. The topological polar surface area (TPSA) is 90.7 Å². The van der Waals surface area contributed by atoms with E-state index < -0.39 is 11.7 Å². The Bertz CT molecular complexity index is 1240. The van der Waals surface area contributed by atoms with E-state index in [-0.39, 0.29) is 42.5 Å². The zero-order valence-corrected chi connectivity index (χ0v) is 18.8. The lowest BCUT2D eigenvalue weighted by molar-refractivity contribution is 0.0921. The van der Waals surface area contributed by atoms with Crippen LogP contribution in [0.15, 0.2) is 35.3 Å². The molecule has 0 unspecified atom stereocenters. The van der Waals surface area contributed by atoms with Crippen LogP contribution in [0, 0.1) is 5.82 Å². The average molecular weight is 454 g/mol. The van der Waals surface area contributed by atoms with Crippen LogP contribution in [0.5, 0.6) is 11.5 Å². The van der Waals surface area contributed by atoms with E-state index >= 15 is 0 Å². The second kappa shape index (κ2) is 9.70. The summed E-state index contributed by atoms with van der Waals surface area (Å²) in [5.41, 5.74) is 1.89. The highest BCUT2D eigenvalue weighted by Gasteiger charge is 2.31. The number of benzene rings is 1. The second-order valence-electron chi connectivity index (χ2n) is 8.13. The summed E-state index contributed by atoms with van der Waals surface area (Å²) < 4.78 is 26.8. The van der Waals surface area contributed by atoms with Crippen LogP contribution in [0.2, 0.25) is 0 Å². The van der Waals surface area contributed by atoms with E-state index in [1.807, 2.05) is 6.92 Å². The van der Waals surface area contributed by atoms with Crippen molar-refractivity contribution in [3.63, 3.8) is 0 Å². The first-order valence-electron chi connectivity index (χ1n) is 11.2. The number of Topliss-reactive ketones (excluding diaryl/α,β-unsaturated/α-hetero) is 1. The highest BCUT2D eigenvalue weighted by molar-refractivity contribution is 6.03. The molecule has 3 aromatic rings. The van der Waals surface area contributed by atoms with Gasteiger partial charge in [-0.05, 0) is 24.1 Å². The van der Waals surface area contributed by atoms with Crippen LogP contribution in [0.1, 0.15) is 54.6 Å². The van der Waals surface area contributed by atoms with E-state index in [2.05, 4.69) is 4.98 Å². The number of nitrogens with zero attached hydrogens (tertiary/aromatic N) is 2. The van der Waals surface area contributed by atoms with Crippen molar-refractivity contribution in [2.75, 3.05) is 13.2 Å². The number of carbonyl (C=O) groups is 1.